The number of aryl methyl sites for hydroxylation is 1. The number of ether oxygens (including phenoxy) is 1. The van der Waals surface area contributed by atoms with E-state index in [9.17, 15) is 9.59 Å². The van der Waals surface area contributed by atoms with Crippen molar-refractivity contribution in [1.29, 1.82) is 5.26 Å². The number of nitrogens with zero attached hydrogens (tertiary/aromatic N) is 1. The number of para-hydroxylation sites is 1. The molecule has 0 aliphatic rings. The minimum Gasteiger partial charge on any atom is -0.453 e. The third-order valence-electron chi connectivity index (χ3n) is 4.21. The van der Waals surface area contributed by atoms with Gasteiger partial charge in [-0.15, -0.1) is 0 Å². The smallest absolute Gasteiger partial charge is 0.306 e. The van der Waals surface area contributed by atoms with Gasteiger partial charge in [0.05, 0.1) is 11.6 Å². The minimum atomic E-state index is -0.925. The second-order valence-corrected chi connectivity index (χ2v) is 6.17. The van der Waals surface area contributed by atoms with Crippen molar-refractivity contribution in [2.24, 2.45) is 0 Å². The molecule has 1 atom stereocenters. The highest BCUT2D eigenvalue weighted by atomic mass is 16.5. The fourth-order valence-corrected chi connectivity index (χ4v) is 2.80. The van der Waals surface area contributed by atoms with Crippen molar-refractivity contribution < 1.29 is 14.3 Å². The lowest BCUT2D eigenvalue weighted by atomic mass is 10.1. The van der Waals surface area contributed by atoms with E-state index < -0.39 is 18.0 Å². The summed E-state index contributed by atoms with van der Waals surface area (Å²) in [6.07, 6.45) is 1.67. The first kappa shape index (κ1) is 18.2. The van der Waals surface area contributed by atoms with Crippen molar-refractivity contribution in [1.82, 2.24) is 4.98 Å². The van der Waals surface area contributed by atoms with Gasteiger partial charge in [-0.25, -0.2) is 0 Å². The van der Waals surface area contributed by atoms with Gasteiger partial charge in [0.2, 0.25) is 0 Å². The molecule has 1 unspecified atom stereocenters. The molecule has 1 heterocycles. The lowest BCUT2D eigenvalue weighted by molar-refractivity contribution is -0.153. The summed E-state index contributed by atoms with van der Waals surface area (Å²) in [6, 6.07) is 16.4. The summed E-state index contributed by atoms with van der Waals surface area (Å²) in [6.45, 7) is 1.52. The molecule has 0 aliphatic carbocycles. The molecule has 27 heavy (non-hydrogen) atoms. The van der Waals surface area contributed by atoms with Crippen LogP contribution in [0.4, 0.5) is 5.69 Å². The third kappa shape index (κ3) is 4.53. The number of hydrogen-bond donors (Lipinski definition) is 2. The number of esters is 1. The van der Waals surface area contributed by atoms with Crippen molar-refractivity contribution in [3.8, 4) is 6.07 Å². The lowest BCUT2D eigenvalue weighted by Crippen LogP contribution is -2.30. The summed E-state index contributed by atoms with van der Waals surface area (Å²) >= 11 is 0. The number of aromatic amines is 1. The Bertz CT molecular complexity index is 1020. The number of anilines is 1. The first-order valence-corrected chi connectivity index (χ1v) is 8.62. The fourth-order valence-electron chi connectivity index (χ4n) is 2.80. The maximum Gasteiger partial charge on any atom is 0.306 e. The van der Waals surface area contributed by atoms with Gasteiger partial charge in [-0.1, -0.05) is 24.3 Å². The van der Waals surface area contributed by atoms with Crippen LogP contribution in [-0.4, -0.2) is 23.0 Å². The molecule has 6 heteroatoms. The molecule has 0 aliphatic heterocycles. The zero-order valence-electron chi connectivity index (χ0n) is 14.9. The highest BCUT2D eigenvalue weighted by Gasteiger charge is 2.18. The van der Waals surface area contributed by atoms with Crippen LogP contribution in [-0.2, 0) is 20.7 Å². The fraction of sp³-hybridized carbons (Fsp3) is 0.190. The standard InChI is InChI=1S/C21H19N3O3/c1-14(21(26)24-17-6-4-5-15(11-17)12-22)27-20(25)10-9-16-13-23-19-8-3-2-7-18(16)19/h2-8,11,13-14,23H,9-10H2,1H3,(H,24,26). The second kappa shape index (κ2) is 8.19. The molecule has 2 aromatic carbocycles. The number of carbonyl (C=O) groups is 2. The van der Waals surface area contributed by atoms with E-state index in [0.29, 0.717) is 17.7 Å². The molecule has 6 nitrogen and oxygen atoms in total. The van der Waals surface area contributed by atoms with E-state index in [4.69, 9.17) is 10.00 Å². The van der Waals surface area contributed by atoms with Crippen LogP contribution in [0.1, 0.15) is 24.5 Å². The summed E-state index contributed by atoms with van der Waals surface area (Å²) in [4.78, 5) is 27.4. The van der Waals surface area contributed by atoms with E-state index in [0.717, 1.165) is 16.5 Å². The van der Waals surface area contributed by atoms with Crippen LogP contribution in [0.3, 0.4) is 0 Å². The SMILES string of the molecule is CC(OC(=O)CCc1c[nH]c2ccccc12)C(=O)Nc1cccc(C#N)c1. The molecule has 1 amide bonds. The Kier molecular flexibility index (Phi) is 5.53. The second-order valence-electron chi connectivity index (χ2n) is 6.17. The number of nitrogens with one attached hydrogen (secondary N) is 2. The van der Waals surface area contributed by atoms with Gasteiger partial charge >= 0.3 is 5.97 Å². The molecule has 2 N–H and O–H groups in total. The number of hydrogen-bond acceptors (Lipinski definition) is 4. The molecule has 0 saturated heterocycles. The number of aromatic nitrogens is 1. The zero-order valence-corrected chi connectivity index (χ0v) is 14.9. The van der Waals surface area contributed by atoms with Gasteiger partial charge < -0.3 is 15.0 Å². The van der Waals surface area contributed by atoms with Gasteiger partial charge in [-0.2, -0.15) is 5.26 Å². The Morgan fingerprint density at radius 3 is 2.85 bits per heavy atom. The third-order valence-corrected chi connectivity index (χ3v) is 4.21. The minimum absolute atomic E-state index is 0.184. The average molecular weight is 361 g/mol. The molecular formula is C21H19N3O3. The molecule has 0 bridgehead atoms. The van der Waals surface area contributed by atoms with E-state index in [-0.39, 0.29) is 6.42 Å². The quantitative estimate of drug-likeness (QED) is 0.657. The van der Waals surface area contributed by atoms with Gasteiger partial charge in [0.15, 0.2) is 6.10 Å². The summed E-state index contributed by atoms with van der Waals surface area (Å²) in [7, 11) is 0. The molecule has 0 fully saturated rings. The Morgan fingerprint density at radius 1 is 1.22 bits per heavy atom. The largest absolute Gasteiger partial charge is 0.453 e. The normalized spacial score (nSPS) is 11.6. The van der Waals surface area contributed by atoms with Crippen LogP contribution >= 0.6 is 0 Å². The monoisotopic (exact) mass is 361 g/mol. The summed E-state index contributed by atoms with van der Waals surface area (Å²) in [5, 5.41) is 12.6. The molecule has 0 radical (unpaired) electrons. The molecule has 3 rings (SSSR count). The van der Waals surface area contributed by atoms with E-state index in [1.54, 1.807) is 24.3 Å². The number of rotatable bonds is 6. The summed E-state index contributed by atoms with van der Waals surface area (Å²) < 4.78 is 5.23. The van der Waals surface area contributed by atoms with Gasteiger partial charge in [0.25, 0.3) is 5.91 Å². The summed E-state index contributed by atoms with van der Waals surface area (Å²) in [5.41, 5.74) is 2.98. The number of H-pyrrole nitrogens is 1. The topological polar surface area (TPSA) is 95.0 Å². The predicted molar refractivity (Wildman–Crippen MR) is 102 cm³/mol. The van der Waals surface area contributed by atoms with Crippen molar-refractivity contribution in [2.75, 3.05) is 5.32 Å². The lowest BCUT2D eigenvalue weighted by Gasteiger charge is -2.13. The highest BCUT2D eigenvalue weighted by Crippen LogP contribution is 2.19. The van der Waals surface area contributed by atoms with Crippen LogP contribution in [0.25, 0.3) is 10.9 Å². The Balaban J connectivity index is 1.52. The van der Waals surface area contributed by atoms with E-state index in [1.807, 2.05) is 36.5 Å². The van der Waals surface area contributed by atoms with E-state index in [2.05, 4.69) is 10.3 Å². The van der Waals surface area contributed by atoms with Crippen LogP contribution in [0, 0.1) is 11.3 Å². The van der Waals surface area contributed by atoms with Crippen LogP contribution < -0.4 is 5.32 Å². The first-order chi connectivity index (χ1) is 13.1. The summed E-state index contributed by atoms with van der Waals surface area (Å²) in [5.74, 6) is -0.876. The number of fused-ring (bicyclic) bond motifs is 1. The Hall–Kier alpha value is -3.59. The van der Waals surface area contributed by atoms with Gasteiger partial charge in [-0.3, -0.25) is 9.59 Å². The number of nitriles is 1. The van der Waals surface area contributed by atoms with E-state index in [1.165, 1.54) is 6.92 Å². The Morgan fingerprint density at radius 2 is 2.04 bits per heavy atom. The highest BCUT2D eigenvalue weighted by molar-refractivity contribution is 5.95. The number of benzene rings is 2. The molecule has 3 aromatic rings. The van der Waals surface area contributed by atoms with Crippen LogP contribution in [0.2, 0.25) is 0 Å². The molecular weight excluding hydrogens is 342 g/mol. The Labute approximate surface area is 156 Å². The maximum absolute atomic E-state index is 12.2. The molecule has 1 aromatic heterocycles. The number of amides is 1. The zero-order chi connectivity index (χ0) is 19.2. The van der Waals surface area contributed by atoms with Gasteiger partial charge in [-0.05, 0) is 43.2 Å². The van der Waals surface area contributed by atoms with Gasteiger partial charge in [0, 0.05) is 29.2 Å². The van der Waals surface area contributed by atoms with Crippen molar-refractivity contribution >= 4 is 28.5 Å². The van der Waals surface area contributed by atoms with Gasteiger partial charge in [0.1, 0.15) is 0 Å². The van der Waals surface area contributed by atoms with E-state index >= 15 is 0 Å². The van der Waals surface area contributed by atoms with Crippen molar-refractivity contribution in [2.45, 2.75) is 25.9 Å². The average Bonchev–Trinajstić information content (AvgIpc) is 3.09. The van der Waals surface area contributed by atoms with Crippen molar-refractivity contribution in [3.05, 3.63) is 65.9 Å². The predicted octanol–water partition coefficient (Wildman–Crippen LogP) is 3.54. The molecule has 0 saturated carbocycles. The van der Waals surface area contributed by atoms with Crippen LogP contribution in [0.5, 0.6) is 0 Å². The maximum atomic E-state index is 12.2. The van der Waals surface area contributed by atoms with Crippen LogP contribution in [0.15, 0.2) is 54.7 Å². The molecule has 136 valence electrons. The number of carbonyl (C=O) groups excluding carboxylic acids is 2. The first-order valence-electron chi connectivity index (χ1n) is 8.62. The molecule has 0 spiro atoms. The van der Waals surface area contributed by atoms with Crippen molar-refractivity contribution in [3.63, 3.8) is 0 Å².